The van der Waals surface area contributed by atoms with Crippen LogP contribution in [0.15, 0.2) is 40.8 Å². The van der Waals surface area contributed by atoms with Gasteiger partial charge in [0.2, 0.25) is 0 Å². The van der Waals surface area contributed by atoms with Gasteiger partial charge in [-0.2, -0.15) is 0 Å². The Morgan fingerprint density at radius 3 is 2.85 bits per heavy atom. The molecule has 0 fully saturated rings. The Labute approximate surface area is 117 Å². The van der Waals surface area contributed by atoms with E-state index in [0.29, 0.717) is 18.1 Å². The molecular formula is C16H17NO3. The van der Waals surface area contributed by atoms with Crippen molar-refractivity contribution < 1.29 is 13.9 Å². The van der Waals surface area contributed by atoms with Crippen molar-refractivity contribution in [2.45, 2.75) is 13.8 Å². The number of esters is 1. The van der Waals surface area contributed by atoms with Crippen LogP contribution in [0.3, 0.4) is 0 Å². The smallest absolute Gasteiger partial charge is 0.330 e. The van der Waals surface area contributed by atoms with Crippen LogP contribution >= 0.6 is 0 Å². The minimum absolute atomic E-state index is 0.356. The molecule has 20 heavy (non-hydrogen) atoms. The van der Waals surface area contributed by atoms with Gasteiger partial charge in [-0.05, 0) is 43.7 Å². The van der Waals surface area contributed by atoms with Gasteiger partial charge in [0.25, 0.3) is 0 Å². The Hall–Kier alpha value is -2.49. The van der Waals surface area contributed by atoms with Crippen molar-refractivity contribution in [3.05, 3.63) is 47.7 Å². The van der Waals surface area contributed by atoms with Gasteiger partial charge in [-0.1, -0.05) is 12.1 Å². The van der Waals surface area contributed by atoms with E-state index in [-0.39, 0.29) is 5.97 Å². The summed E-state index contributed by atoms with van der Waals surface area (Å²) in [4.78, 5) is 11.2. The van der Waals surface area contributed by atoms with Crippen molar-refractivity contribution in [3.8, 4) is 11.3 Å². The minimum Gasteiger partial charge on any atom is -0.463 e. The molecule has 0 spiro atoms. The van der Waals surface area contributed by atoms with Gasteiger partial charge < -0.3 is 14.9 Å². The molecular weight excluding hydrogens is 254 g/mol. The quantitative estimate of drug-likeness (QED) is 0.525. The fourth-order valence-electron chi connectivity index (χ4n) is 1.73. The zero-order valence-electron chi connectivity index (χ0n) is 11.6. The fraction of sp³-hybridized carbons (Fsp3) is 0.188. The van der Waals surface area contributed by atoms with Crippen LogP contribution in [-0.2, 0) is 9.53 Å². The largest absolute Gasteiger partial charge is 0.463 e. The highest BCUT2D eigenvalue weighted by Crippen LogP contribution is 2.26. The molecule has 0 bridgehead atoms. The van der Waals surface area contributed by atoms with E-state index in [2.05, 4.69) is 0 Å². The minimum atomic E-state index is -0.384. The van der Waals surface area contributed by atoms with Crippen LogP contribution in [0.4, 0.5) is 5.69 Å². The second-order valence-electron chi connectivity index (χ2n) is 4.36. The number of hydrogen-bond donors (Lipinski definition) is 1. The summed E-state index contributed by atoms with van der Waals surface area (Å²) in [5.41, 5.74) is 8.54. The molecule has 0 atom stereocenters. The molecule has 2 rings (SSSR count). The van der Waals surface area contributed by atoms with E-state index in [1.807, 2.05) is 31.2 Å². The molecule has 2 N–H and O–H groups in total. The van der Waals surface area contributed by atoms with Crippen LogP contribution in [0.2, 0.25) is 0 Å². The molecule has 0 radical (unpaired) electrons. The van der Waals surface area contributed by atoms with E-state index in [9.17, 15) is 4.79 Å². The summed E-state index contributed by atoms with van der Waals surface area (Å²) >= 11 is 0. The number of rotatable bonds is 4. The van der Waals surface area contributed by atoms with E-state index in [1.165, 1.54) is 6.08 Å². The second kappa shape index (κ2) is 6.10. The average Bonchev–Trinajstić information content (AvgIpc) is 2.89. The van der Waals surface area contributed by atoms with Crippen molar-refractivity contribution in [1.29, 1.82) is 0 Å². The van der Waals surface area contributed by atoms with Crippen LogP contribution in [0.1, 0.15) is 18.2 Å². The molecule has 0 aliphatic heterocycles. The molecule has 2 aromatic rings. The molecule has 0 saturated heterocycles. The number of nitrogen functional groups attached to an aromatic ring is 1. The topological polar surface area (TPSA) is 65.5 Å². The molecule has 1 aromatic heterocycles. The van der Waals surface area contributed by atoms with Gasteiger partial charge in [0.05, 0.1) is 6.61 Å². The van der Waals surface area contributed by atoms with Crippen LogP contribution in [-0.4, -0.2) is 12.6 Å². The van der Waals surface area contributed by atoms with Gasteiger partial charge in [-0.25, -0.2) is 4.79 Å². The molecule has 0 saturated carbocycles. The Morgan fingerprint density at radius 1 is 1.35 bits per heavy atom. The third-order valence-corrected chi connectivity index (χ3v) is 2.86. The number of anilines is 1. The highest BCUT2D eigenvalue weighted by Gasteiger charge is 2.05. The maximum atomic E-state index is 11.2. The van der Waals surface area contributed by atoms with Crippen LogP contribution in [0, 0.1) is 6.92 Å². The molecule has 0 aliphatic carbocycles. The number of aryl methyl sites for hydroxylation is 1. The van der Waals surface area contributed by atoms with Gasteiger partial charge in [-0.15, -0.1) is 0 Å². The van der Waals surface area contributed by atoms with E-state index >= 15 is 0 Å². The predicted molar refractivity (Wildman–Crippen MR) is 79.0 cm³/mol. The van der Waals surface area contributed by atoms with Gasteiger partial charge in [0.1, 0.15) is 11.5 Å². The van der Waals surface area contributed by atoms with Gasteiger partial charge in [0.15, 0.2) is 0 Å². The summed E-state index contributed by atoms with van der Waals surface area (Å²) in [6, 6.07) is 9.40. The number of nitrogens with two attached hydrogens (primary N) is 1. The summed E-state index contributed by atoms with van der Waals surface area (Å²) < 4.78 is 10.4. The van der Waals surface area contributed by atoms with E-state index < -0.39 is 0 Å². The molecule has 1 aromatic carbocycles. The van der Waals surface area contributed by atoms with Gasteiger partial charge in [-0.3, -0.25) is 0 Å². The Balaban J connectivity index is 2.16. The highest BCUT2D eigenvalue weighted by molar-refractivity contribution is 5.86. The first kappa shape index (κ1) is 13.9. The number of hydrogen-bond acceptors (Lipinski definition) is 4. The average molecular weight is 271 g/mol. The lowest BCUT2D eigenvalue weighted by Crippen LogP contribution is -1.98. The highest BCUT2D eigenvalue weighted by atomic mass is 16.5. The predicted octanol–water partition coefficient (Wildman–Crippen LogP) is 3.41. The van der Waals surface area contributed by atoms with Crippen LogP contribution in [0.25, 0.3) is 17.4 Å². The Kier molecular flexibility index (Phi) is 4.25. The number of ether oxygens (including phenoxy) is 1. The summed E-state index contributed by atoms with van der Waals surface area (Å²) in [5, 5.41) is 0. The second-order valence-corrected chi connectivity index (χ2v) is 4.36. The molecule has 1 heterocycles. The molecule has 4 nitrogen and oxygen atoms in total. The third kappa shape index (κ3) is 3.29. The molecule has 0 aliphatic rings. The van der Waals surface area contributed by atoms with Crippen molar-refractivity contribution in [1.82, 2.24) is 0 Å². The Morgan fingerprint density at radius 2 is 2.15 bits per heavy atom. The Bertz CT molecular complexity index is 641. The first-order valence-electron chi connectivity index (χ1n) is 6.41. The van der Waals surface area contributed by atoms with Crippen molar-refractivity contribution >= 4 is 17.7 Å². The maximum absolute atomic E-state index is 11.2. The maximum Gasteiger partial charge on any atom is 0.330 e. The zero-order chi connectivity index (χ0) is 14.5. The summed E-state index contributed by atoms with van der Waals surface area (Å²) in [7, 11) is 0. The molecule has 4 heteroatoms. The molecule has 0 amide bonds. The van der Waals surface area contributed by atoms with E-state index in [1.54, 1.807) is 19.1 Å². The third-order valence-electron chi connectivity index (χ3n) is 2.86. The first-order valence-corrected chi connectivity index (χ1v) is 6.41. The standard InChI is InChI=1S/C16H17NO3/c1-3-19-16(18)9-7-13-6-8-15(20-13)12-5-4-11(2)14(17)10-12/h4-10H,3,17H2,1-2H3/b9-7+. The van der Waals surface area contributed by atoms with Crippen molar-refractivity contribution in [2.24, 2.45) is 0 Å². The van der Waals surface area contributed by atoms with Crippen LogP contribution < -0.4 is 5.73 Å². The van der Waals surface area contributed by atoms with Gasteiger partial charge in [0, 0.05) is 17.3 Å². The lowest BCUT2D eigenvalue weighted by molar-refractivity contribution is -0.137. The first-order chi connectivity index (χ1) is 9.60. The van der Waals surface area contributed by atoms with E-state index in [0.717, 1.165) is 16.8 Å². The summed E-state index contributed by atoms with van der Waals surface area (Å²) in [5.74, 6) is 0.914. The number of carbonyl (C=O) groups is 1. The zero-order valence-corrected chi connectivity index (χ0v) is 11.6. The van der Waals surface area contributed by atoms with Crippen molar-refractivity contribution in [2.75, 3.05) is 12.3 Å². The summed E-state index contributed by atoms with van der Waals surface area (Å²) in [6.07, 6.45) is 2.93. The van der Waals surface area contributed by atoms with E-state index in [4.69, 9.17) is 14.9 Å². The number of carbonyl (C=O) groups excluding carboxylic acids is 1. The molecule has 104 valence electrons. The van der Waals surface area contributed by atoms with Crippen molar-refractivity contribution in [3.63, 3.8) is 0 Å². The van der Waals surface area contributed by atoms with Gasteiger partial charge >= 0.3 is 5.97 Å². The fourth-order valence-corrected chi connectivity index (χ4v) is 1.73. The number of furan rings is 1. The van der Waals surface area contributed by atoms with Crippen LogP contribution in [0.5, 0.6) is 0 Å². The summed E-state index contributed by atoms with van der Waals surface area (Å²) in [6.45, 7) is 4.07. The molecule has 0 unspecified atom stereocenters. The lowest BCUT2D eigenvalue weighted by Gasteiger charge is -2.02. The normalized spacial score (nSPS) is 10.9. The number of benzene rings is 1. The lowest BCUT2D eigenvalue weighted by atomic mass is 10.1. The monoisotopic (exact) mass is 271 g/mol. The SMILES string of the molecule is CCOC(=O)/C=C/c1ccc(-c2ccc(C)c(N)c2)o1.